The fourth-order valence-corrected chi connectivity index (χ4v) is 3.46. The molecule has 0 radical (unpaired) electrons. The number of hydrogen-bond donors (Lipinski definition) is 1. The molecule has 3 aromatic rings. The topological polar surface area (TPSA) is 33.1 Å². The van der Waals surface area contributed by atoms with Gasteiger partial charge in [-0.1, -0.05) is 42.5 Å². The average Bonchev–Trinajstić information content (AvgIpc) is 3.05. The van der Waals surface area contributed by atoms with E-state index in [0.717, 1.165) is 45.7 Å². The normalized spacial score (nSPS) is 15.8. The zero-order chi connectivity index (χ0) is 16.2. The first-order chi connectivity index (χ1) is 11.9. The van der Waals surface area contributed by atoms with Gasteiger partial charge in [-0.2, -0.15) is 5.10 Å². The molecule has 1 aliphatic rings. The van der Waals surface area contributed by atoms with Crippen LogP contribution >= 0.6 is 0 Å². The Morgan fingerprint density at radius 3 is 2.58 bits per heavy atom. The van der Waals surface area contributed by atoms with E-state index in [1.807, 2.05) is 6.20 Å². The molecule has 4 rings (SSSR count). The van der Waals surface area contributed by atoms with Gasteiger partial charge in [0, 0.05) is 31.6 Å². The molecule has 1 aliphatic heterocycles. The first-order valence-electron chi connectivity index (χ1n) is 8.80. The van der Waals surface area contributed by atoms with Crippen LogP contribution in [0.25, 0.3) is 10.9 Å². The van der Waals surface area contributed by atoms with Crippen molar-refractivity contribution in [2.75, 3.05) is 26.2 Å². The lowest BCUT2D eigenvalue weighted by atomic mass is 10.0. The van der Waals surface area contributed by atoms with Gasteiger partial charge < -0.3 is 5.32 Å². The molecule has 0 saturated carbocycles. The van der Waals surface area contributed by atoms with Crippen molar-refractivity contribution < 1.29 is 0 Å². The van der Waals surface area contributed by atoms with Gasteiger partial charge >= 0.3 is 0 Å². The number of fused-ring (bicyclic) bond motifs is 1. The maximum atomic E-state index is 4.66. The Labute approximate surface area is 143 Å². The van der Waals surface area contributed by atoms with Gasteiger partial charge in [0.05, 0.1) is 18.4 Å². The number of rotatable bonds is 5. The lowest BCUT2D eigenvalue weighted by Crippen LogP contribution is -2.44. The van der Waals surface area contributed by atoms with Gasteiger partial charge in [-0.3, -0.25) is 9.58 Å². The molecule has 0 unspecified atom stereocenters. The zero-order valence-electron chi connectivity index (χ0n) is 14.0. The highest BCUT2D eigenvalue weighted by molar-refractivity contribution is 5.82. The summed E-state index contributed by atoms with van der Waals surface area (Å²) in [5, 5.41) is 9.36. The van der Waals surface area contributed by atoms with E-state index in [4.69, 9.17) is 0 Å². The van der Waals surface area contributed by atoms with E-state index in [2.05, 4.69) is 68.5 Å². The Kier molecular flexibility index (Phi) is 4.58. The van der Waals surface area contributed by atoms with Crippen molar-refractivity contribution in [3.63, 3.8) is 0 Å². The van der Waals surface area contributed by atoms with Crippen molar-refractivity contribution in [3.8, 4) is 0 Å². The molecular formula is C20H24N4. The van der Waals surface area contributed by atoms with Crippen LogP contribution in [0.4, 0.5) is 0 Å². The maximum Gasteiger partial charge on any atom is 0.0936 e. The highest BCUT2D eigenvalue weighted by Gasteiger charge is 2.13. The number of aryl methyl sites for hydroxylation is 2. The first kappa shape index (κ1) is 15.4. The molecule has 2 heterocycles. The van der Waals surface area contributed by atoms with Crippen molar-refractivity contribution in [1.82, 2.24) is 20.0 Å². The summed E-state index contributed by atoms with van der Waals surface area (Å²) in [7, 11) is 0. The van der Waals surface area contributed by atoms with E-state index in [1.54, 1.807) is 0 Å². The summed E-state index contributed by atoms with van der Waals surface area (Å²) in [6.07, 6.45) is 4.17. The van der Waals surface area contributed by atoms with Crippen LogP contribution in [0.3, 0.4) is 0 Å². The Morgan fingerprint density at radius 2 is 1.75 bits per heavy atom. The van der Waals surface area contributed by atoms with Crippen LogP contribution in [0, 0.1) is 0 Å². The van der Waals surface area contributed by atoms with Crippen LogP contribution < -0.4 is 5.32 Å². The largest absolute Gasteiger partial charge is 0.314 e. The molecule has 1 saturated heterocycles. The van der Waals surface area contributed by atoms with Crippen molar-refractivity contribution in [1.29, 1.82) is 0 Å². The van der Waals surface area contributed by atoms with Gasteiger partial charge in [0.15, 0.2) is 0 Å². The zero-order valence-corrected chi connectivity index (χ0v) is 14.0. The fourth-order valence-electron chi connectivity index (χ4n) is 3.46. The molecule has 4 heteroatoms. The van der Waals surface area contributed by atoms with Crippen LogP contribution in [-0.2, 0) is 19.5 Å². The van der Waals surface area contributed by atoms with Gasteiger partial charge in [-0.15, -0.1) is 0 Å². The monoisotopic (exact) mass is 320 g/mol. The third kappa shape index (κ3) is 3.35. The van der Waals surface area contributed by atoms with Crippen LogP contribution in [0.1, 0.15) is 11.1 Å². The van der Waals surface area contributed by atoms with Crippen LogP contribution in [0.15, 0.2) is 54.7 Å². The molecule has 0 aliphatic carbocycles. The molecule has 0 spiro atoms. The standard InChI is InChI=1S/C20H24N4/c1-2-5-17(6-3-1)9-10-18-7-4-8-20-19(18)15-22-24(20)16-23-13-11-21-12-14-23/h1-8,15,21H,9-14,16H2. The van der Waals surface area contributed by atoms with Crippen molar-refractivity contribution >= 4 is 10.9 Å². The maximum absolute atomic E-state index is 4.66. The third-order valence-electron chi connectivity index (χ3n) is 4.85. The molecule has 1 N–H and O–H groups in total. The van der Waals surface area contributed by atoms with Crippen LogP contribution in [0.2, 0.25) is 0 Å². The number of nitrogens with one attached hydrogen (secondary N) is 1. The molecule has 24 heavy (non-hydrogen) atoms. The average molecular weight is 320 g/mol. The van der Waals surface area contributed by atoms with Crippen molar-refractivity contribution in [3.05, 3.63) is 65.9 Å². The highest BCUT2D eigenvalue weighted by Crippen LogP contribution is 2.20. The van der Waals surface area contributed by atoms with E-state index >= 15 is 0 Å². The van der Waals surface area contributed by atoms with Crippen LogP contribution in [0.5, 0.6) is 0 Å². The first-order valence-corrected chi connectivity index (χ1v) is 8.80. The number of benzene rings is 2. The van der Waals surface area contributed by atoms with E-state index in [0.29, 0.717) is 0 Å². The molecular weight excluding hydrogens is 296 g/mol. The second-order valence-corrected chi connectivity index (χ2v) is 6.49. The summed E-state index contributed by atoms with van der Waals surface area (Å²) in [6, 6.07) is 17.3. The summed E-state index contributed by atoms with van der Waals surface area (Å²) < 4.78 is 2.15. The smallest absolute Gasteiger partial charge is 0.0936 e. The minimum atomic E-state index is 0.882. The van der Waals surface area contributed by atoms with Gasteiger partial charge in [-0.05, 0) is 30.0 Å². The van der Waals surface area contributed by atoms with Gasteiger partial charge in [-0.25, -0.2) is 0 Å². The third-order valence-corrected chi connectivity index (χ3v) is 4.85. The summed E-state index contributed by atoms with van der Waals surface area (Å²) in [5.41, 5.74) is 4.03. The Hall–Kier alpha value is -2.17. The molecule has 4 nitrogen and oxygen atoms in total. The van der Waals surface area contributed by atoms with E-state index in [1.165, 1.54) is 22.0 Å². The summed E-state index contributed by atoms with van der Waals surface area (Å²) in [5.74, 6) is 0. The van der Waals surface area contributed by atoms with E-state index < -0.39 is 0 Å². The summed E-state index contributed by atoms with van der Waals surface area (Å²) in [4.78, 5) is 2.46. The molecule has 1 aromatic heterocycles. The molecule has 124 valence electrons. The predicted molar refractivity (Wildman–Crippen MR) is 98.0 cm³/mol. The van der Waals surface area contributed by atoms with Gasteiger partial charge in [0.2, 0.25) is 0 Å². The van der Waals surface area contributed by atoms with E-state index in [-0.39, 0.29) is 0 Å². The Bertz CT molecular complexity index is 788. The number of nitrogens with zero attached hydrogens (tertiary/aromatic N) is 3. The van der Waals surface area contributed by atoms with E-state index in [9.17, 15) is 0 Å². The lowest BCUT2D eigenvalue weighted by molar-refractivity contribution is 0.187. The summed E-state index contributed by atoms with van der Waals surface area (Å²) >= 11 is 0. The number of piperazine rings is 1. The number of hydrogen-bond acceptors (Lipinski definition) is 3. The van der Waals surface area contributed by atoms with Crippen LogP contribution in [-0.4, -0.2) is 40.9 Å². The molecule has 2 aromatic carbocycles. The number of aromatic nitrogens is 2. The quantitative estimate of drug-likeness (QED) is 0.785. The highest BCUT2D eigenvalue weighted by atomic mass is 15.4. The lowest BCUT2D eigenvalue weighted by Gasteiger charge is -2.27. The molecule has 0 bridgehead atoms. The fraction of sp³-hybridized carbons (Fsp3) is 0.350. The molecule has 0 amide bonds. The summed E-state index contributed by atoms with van der Waals surface area (Å²) in [6.45, 7) is 5.21. The van der Waals surface area contributed by atoms with Crippen molar-refractivity contribution in [2.24, 2.45) is 0 Å². The molecule has 1 fully saturated rings. The molecule has 0 atom stereocenters. The minimum Gasteiger partial charge on any atom is -0.314 e. The van der Waals surface area contributed by atoms with Gasteiger partial charge in [0.1, 0.15) is 0 Å². The second-order valence-electron chi connectivity index (χ2n) is 6.49. The predicted octanol–water partition coefficient (Wildman–Crippen LogP) is 2.68. The Balaban J connectivity index is 1.52. The van der Waals surface area contributed by atoms with Crippen molar-refractivity contribution in [2.45, 2.75) is 19.5 Å². The van der Waals surface area contributed by atoms with Gasteiger partial charge in [0.25, 0.3) is 0 Å². The second kappa shape index (κ2) is 7.16. The Morgan fingerprint density at radius 1 is 0.917 bits per heavy atom. The minimum absolute atomic E-state index is 0.882. The SMILES string of the molecule is c1ccc(CCc2cccc3c2cnn3CN2CCNCC2)cc1.